The zero-order valence-electron chi connectivity index (χ0n) is 9.92. The van der Waals surface area contributed by atoms with Crippen molar-refractivity contribution in [1.82, 2.24) is 4.57 Å². The predicted octanol–water partition coefficient (Wildman–Crippen LogP) is 3.48. The Morgan fingerprint density at radius 3 is 2.67 bits per heavy atom. The molecule has 2 atom stereocenters. The maximum atomic E-state index is 12.6. The highest BCUT2D eigenvalue weighted by Gasteiger charge is 2.35. The lowest BCUT2D eigenvalue weighted by atomic mass is 9.80. The number of carbonyl (C=O) groups excluding carboxylic acids is 1. The summed E-state index contributed by atoms with van der Waals surface area (Å²) < 4.78 is 2.06. The number of ketones is 1. The molecule has 2 aromatic rings. The van der Waals surface area contributed by atoms with Gasteiger partial charge in [-0.2, -0.15) is 0 Å². The molecule has 0 bridgehead atoms. The van der Waals surface area contributed by atoms with E-state index >= 15 is 0 Å². The van der Waals surface area contributed by atoms with Crippen LogP contribution >= 0.6 is 15.9 Å². The van der Waals surface area contributed by atoms with Crippen LogP contribution in [0, 0.1) is 5.92 Å². The second-order valence-electron chi connectivity index (χ2n) is 4.71. The number of hydrogen-bond acceptors (Lipinski definition) is 1. The first kappa shape index (κ1) is 11.7. The lowest BCUT2D eigenvalue weighted by Crippen LogP contribution is -2.33. The summed E-state index contributed by atoms with van der Waals surface area (Å²) in [5, 5.41) is 0.843. The average Bonchev–Trinajstić information content (AvgIpc) is 2.88. The van der Waals surface area contributed by atoms with Crippen LogP contribution in [0.15, 0.2) is 48.7 Å². The van der Waals surface area contributed by atoms with Crippen molar-refractivity contribution in [3.8, 4) is 0 Å². The standard InChI is InChI=1S/C15H14BrNO/c16-9-12-10-17-8-4-7-13(17)15(18)14(12)11-5-2-1-3-6-11/h1-8,12,14H,9-10H2/t12-,14+/m0/s1. The topological polar surface area (TPSA) is 22.0 Å². The molecule has 1 aliphatic rings. The van der Waals surface area contributed by atoms with Gasteiger partial charge in [0.05, 0.1) is 11.6 Å². The maximum absolute atomic E-state index is 12.6. The molecule has 0 radical (unpaired) electrons. The Labute approximate surface area is 115 Å². The Balaban J connectivity index is 2.06. The van der Waals surface area contributed by atoms with E-state index in [1.807, 2.05) is 36.5 Å². The third-order valence-electron chi connectivity index (χ3n) is 3.62. The molecule has 2 nitrogen and oxygen atoms in total. The third-order valence-corrected chi connectivity index (χ3v) is 4.46. The van der Waals surface area contributed by atoms with Crippen molar-refractivity contribution in [2.45, 2.75) is 12.5 Å². The first-order valence-corrected chi connectivity index (χ1v) is 7.23. The predicted molar refractivity (Wildman–Crippen MR) is 75.2 cm³/mol. The quantitative estimate of drug-likeness (QED) is 0.779. The first-order valence-electron chi connectivity index (χ1n) is 6.11. The third kappa shape index (κ3) is 1.83. The highest BCUT2D eigenvalue weighted by atomic mass is 79.9. The number of Topliss-reactive ketones (excluding diaryl/α,β-unsaturated/α-hetero) is 1. The van der Waals surface area contributed by atoms with Gasteiger partial charge < -0.3 is 4.57 Å². The highest BCUT2D eigenvalue weighted by molar-refractivity contribution is 9.09. The van der Waals surface area contributed by atoms with Gasteiger partial charge in [0.2, 0.25) is 0 Å². The van der Waals surface area contributed by atoms with Crippen molar-refractivity contribution >= 4 is 21.7 Å². The van der Waals surface area contributed by atoms with Crippen LogP contribution in [0.4, 0.5) is 0 Å². The fourth-order valence-electron chi connectivity index (χ4n) is 2.75. The van der Waals surface area contributed by atoms with Gasteiger partial charge in [-0.3, -0.25) is 4.79 Å². The molecule has 3 heteroatoms. The van der Waals surface area contributed by atoms with Crippen molar-refractivity contribution < 1.29 is 4.79 Å². The number of benzene rings is 1. The minimum Gasteiger partial charge on any atom is -0.345 e. The van der Waals surface area contributed by atoms with Gasteiger partial charge in [-0.05, 0) is 17.7 Å². The molecule has 0 saturated carbocycles. The van der Waals surface area contributed by atoms with E-state index in [4.69, 9.17) is 0 Å². The van der Waals surface area contributed by atoms with Crippen LogP contribution in [0.3, 0.4) is 0 Å². The Kier molecular flexibility index (Phi) is 3.08. The van der Waals surface area contributed by atoms with Crippen LogP contribution in [-0.4, -0.2) is 15.7 Å². The van der Waals surface area contributed by atoms with Crippen molar-refractivity contribution in [3.05, 3.63) is 59.9 Å². The molecule has 0 fully saturated rings. The summed E-state index contributed by atoms with van der Waals surface area (Å²) in [5.41, 5.74) is 1.96. The van der Waals surface area contributed by atoms with Crippen molar-refractivity contribution in [2.24, 2.45) is 5.92 Å². The molecule has 0 unspecified atom stereocenters. The van der Waals surface area contributed by atoms with Gasteiger partial charge in [0.25, 0.3) is 0 Å². The number of alkyl halides is 1. The Morgan fingerprint density at radius 2 is 1.94 bits per heavy atom. The molecule has 92 valence electrons. The van der Waals surface area contributed by atoms with Gasteiger partial charge in [-0.25, -0.2) is 0 Å². The van der Waals surface area contributed by atoms with Crippen LogP contribution in [0.1, 0.15) is 22.0 Å². The van der Waals surface area contributed by atoms with Crippen molar-refractivity contribution in [3.63, 3.8) is 0 Å². The van der Waals surface area contributed by atoms with Crippen LogP contribution in [0.25, 0.3) is 0 Å². The molecule has 18 heavy (non-hydrogen) atoms. The molecule has 0 amide bonds. The number of nitrogens with zero attached hydrogens (tertiary/aromatic N) is 1. The van der Waals surface area contributed by atoms with Crippen LogP contribution in [0.5, 0.6) is 0 Å². The molecule has 0 spiro atoms. The number of hydrogen-bond donors (Lipinski definition) is 0. The normalized spacial score (nSPS) is 22.8. The molecule has 0 N–H and O–H groups in total. The smallest absolute Gasteiger partial charge is 0.187 e. The number of rotatable bonds is 2. The summed E-state index contributed by atoms with van der Waals surface area (Å²) in [6.45, 7) is 0.902. The second-order valence-corrected chi connectivity index (χ2v) is 5.36. The molecule has 0 aliphatic carbocycles. The summed E-state index contributed by atoms with van der Waals surface area (Å²) in [4.78, 5) is 12.6. The average molecular weight is 304 g/mol. The van der Waals surface area contributed by atoms with E-state index in [0.717, 1.165) is 23.1 Å². The summed E-state index contributed by atoms with van der Waals surface area (Å²) in [6, 6.07) is 14.0. The minimum atomic E-state index is -0.0204. The van der Waals surface area contributed by atoms with Gasteiger partial charge in [0, 0.05) is 24.0 Å². The molecular weight excluding hydrogens is 290 g/mol. The molecule has 1 aliphatic heterocycles. The summed E-state index contributed by atoms with van der Waals surface area (Å²) in [6.07, 6.45) is 1.99. The van der Waals surface area contributed by atoms with E-state index < -0.39 is 0 Å². The first-order chi connectivity index (χ1) is 8.81. The van der Waals surface area contributed by atoms with Gasteiger partial charge in [-0.1, -0.05) is 46.3 Å². The molecule has 3 rings (SSSR count). The van der Waals surface area contributed by atoms with Crippen molar-refractivity contribution in [1.29, 1.82) is 0 Å². The Bertz CT molecular complexity index is 561. The number of aromatic nitrogens is 1. The number of carbonyl (C=O) groups is 1. The molecule has 1 aromatic carbocycles. The zero-order valence-corrected chi connectivity index (χ0v) is 11.5. The van der Waals surface area contributed by atoms with Gasteiger partial charge in [-0.15, -0.1) is 0 Å². The minimum absolute atomic E-state index is 0.0204. The maximum Gasteiger partial charge on any atom is 0.187 e. The fourth-order valence-corrected chi connectivity index (χ4v) is 3.33. The van der Waals surface area contributed by atoms with Gasteiger partial charge in [0.1, 0.15) is 0 Å². The Hall–Kier alpha value is -1.35. The molecular formula is C15H14BrNO. The molecule has 0 saturated heterocycles. The van der Waals surface area contributed by atoms with Crippen molar-refractivity contribution in [2.75, 3.05) is 5.33 Å². The molecule has 2 heterocycles. The van der Waals surface area contributed by atoms with E-state index in [-0.39, 0.29) is 11.7 Å². The van der Waals surface area contributed by atoms with Crippen LogP contribution < -0.4 is 0 Å². The summed E-state index contributed by atoms with van der Waals surface area (Å²) in [7, 11) is 0. The SMILES string of the molecule is O=C1c2cccn2C[C@H](CBr)[C@H]1c1ccccc1. The number of halogens is 1. The second kappa shape index (κ2) is 4.73. The van der Waals surface area contributed by atoms with E-state index in [1.165, 1.54) is 0 Å². The summed E-state index contributed by atoms with van der Waals surface area (Å²) in [5.74, 6) is 0.537. The lowest BCUT2D eigenvalue weighted by Gasteiger charge is -2.31. The highest BCUT2D eigenvalue weighted by Crippen LogP contribution is 2.35. The fraction of sp³-hybridized carbons (Fsp3) is 0.267. The van der Waals surface area contributed by atoms with E-state index in [2.05, 4.69) is 32.6 Å². The van der Waals surface area contributed by atoms with Crippen LogP contribution in [-0.2, 0) is 6.54 Å². The lowest BCUT2D eigenvalue weighted by molar-refractivity contribution is 0.0893. The monoisotopic (exact) mass is 303 g/mol. The van der Waals surface area contributed by atoms with E-state index in [1.54, 1.807) is 0 Å². The van der Waals surface area contributed by atoms with Crippen LogP contribution in [0.2, 0.25) is 0 Å². The van der Waals surface area contributed by atoms with E-state index in [0.29, 0.717) is 5.92 Å². The largest absolute Gasteiger partial charge is 0.345 e. The van der Waals surface area contributed by atoms with Gasteiger partial charge >= 0.3 is 0 Å². The summed E-state index contributed by atoms with van der Waals surface area (Å²) >= 11 is 3.55. The number of fused-ring (bicyclic) bond motifs is 1. The Morgan fingerprint density at radius 1 is 1.17 bits per heavy atom. The molecule has 1 aromatic heterocycles. The zero-order chi connectivity index (χ0) is 12.5. The van der Waals surface area contributed by atoms with E-state index in [9.17, 15) is 4.79 Å². The van der Waals surface area contributed by atoms with Gasteiger partial charge in [0.15, 0.2) is 5.78 Å².